The van der Waals surface area contributed by atoms with Crippen molar-refractivity contribution in [2.75, 3.05) is 0 Å². The van der Waals surface area contributed by atoms with E-state index in [1.165, 1.54) is 0 Å². The van der Waals surface area contributed by atoms with Crippen molar-refractivity contribution in [1.82, 2.24) is 19.6 Å². The van der Waals surface area contributed by atoms with Gasteiger partial charge in [0.05, 0.1) is 0 Å². The lowest BCUT2D eigenvalue weighted by Crippen LogP contribution is -2.23. The molecule has 5 heteroatoms. The highest BCUT2D eigenvalue weighted by Crippen LogP contribution is 2.29. The highest BCUT2D eigenvalue weighted by molar-refractivity contribution is 5.86. The zero-order chi connectivity index (χ0) is 18.8. The van der Waals surface area contributed by atoms with Crippen molar-refractivity contribution in [2.24, 2.45) is 5.92 Å². The van der Waals surface area contributed by atoms with Crippen molar-refractivity contribution in [3.8, 4) is 17.3 Å². The van der Waals surface area contributed by atoms with Gasteiger partial charge in [-0.1, -0.05) is 51.5 Å². The number of benzene rings is 1. The average molecular weight is 360 g/mol. The minimum Gasteiger partial charge on any atom is -0.488 e. The van der Waals surface area contributed by atoms with Gasteiger partial charge in [0.25, 0.3) is 0 Å². The number of nitrogens with zero attached hydrogens (tertiary/aromatic N) is 4. The summed E-state index contributed by atoms with van der Waals surface area (Å²) >= 11 is 0. The molecule has 0 bridgehead atoms. The van der Waals surface area contributed by atoms with Crippen LogP contribution in [0.3, 0.4) is 0 Å². The van der Waals surface area contributed by atoms with Gasteiger partial charge in [0.2, 0.25) is 0 Å². The molecule has 1 aromatic carbocycles. The summed E-state index contributed by atoms with van der Waals surface area (Å²) in [5.74, 6) is 2.06. The monoisotopic (exact) mass is 360 g/mol. The highest BCUT2D eigenvalue weighted by Gasteiger charge is 2.18. The zero-order valence-electron chi connectivity index (χ0n) is 16.0. The van der Waals surface area contributed by atoms with Crippen LogP contribution in [0.2, 0.25) is 0 Å². The summed E-state index contributed by atoms with van der Waals surface area (Å²) < 4.78 is 8.33. The van der Waals surface area contributed by atoms with Crippen LogP contribution < -0.4 is 4.74 Å². The van der Waals surface area contributed by atoms with Gasteiger partial charge < -0.3 is 4.74 Å². The van der Waals surface area contributed by atoms with Crippen LogP contribution in [0.5, 0.6) is 5.75 Å². The molecule has 0 radical (unpaired) electrons. The van der Waals surface area contributed by atoms with Gasteiger partial charge in [-0.2, -0.15) is 0 Å². The molecule has 0 aliphatic carbocycles. The fraction of sp³-hybridized carbons (Fsp3) is 0.318. The van der Waals surface area contributed by atoms with Crippen molar-refractivity contribution in [1.29, 1.82) is 0 Å². The molecule has 2 atom stereocenters. The normalized spacial score (nSPS) is 13.7. The van der Waals surface area contributed by atoms with Crippen LogP contribution in [0, 0.1) is 5.92 Å². The zero-order valence-corrected chi connectivity index (χ0v) is 16.0. The molecule has 1 unspecified atom stereocenters. The van der Waals surface area contributed by atoms with Crippen LogP contribution in [0.25, 0.3) is 28.1 Å². The van der Waals surface area contributed by atoms with Crippen LogP contribution in [0.1, 0.15) is 33.6 Å². The van der Waals surface area contributed by atoms with Gasteiger partial charge >= 0.3 is 0 Å². The molecule has 27 heavy (non-hydrogen) atoms. The Hall–Kier alpha value is -2.95. The number of ether oxygens (including phenoxy) is 1. The van der Waals surface area contributed by atoms with Crippen LogP contribution >= 0.6 is 0 Å². The molecule has 0 saturated heterocycles. The molecule has 0 aliphatic rings. The Balaban J connectivity index is 1.79. The van der Waals surface area contributed by atoms with Crippen LogP contribution in [0.15, 0.2) is 54.7 Å². The smallest absolute Gasteiger partial charge is 0.187 e. The summed E-state index contributed by atoms with van der Waals surface area (Å²) in [7, 11) is 0. The van der Waals surface area contributed by atoms with Gasteiger partial charge in [0.1, 0.15) is 23.1 Å². The number of hydrogen-bond acceptors (Lipinski definition) is 4. The summed E-state index contributed by atoms with van der Waals surface area (Å²) in [6.45, 7) is 6.61. The Kier molecular flexibility index (Phi) is 4.75. The van der Waals surface area contributed by atoms with Gasteiger partial charge in [0, 0.05) is 11.6 Å². The lowest BCUT2D eigenvalue weighted by atomic mass is 10.00. The Bertz CT molecular complexity index is 1070. The first kappa shape index (κ1) is 17.5. The third-order valence-corrected chi connectivity index (χ3v) is 5.19. The van der Waals surface area contributed by atoms with Crippen LogP contribution in [-0.2, 0) is 0 Å². The minimum absolute atomic E-state index is 0.181. The molecule has 0 fully saturated rings. The number of rotatable bonds is 6. The molecule has 3 aromatic heterocycles. The molecule has 138 valence electrons. The molecule has 0 saturated carbocycles. The highest BCUT2D eigenvalue weighted by atomic mass is 16.5. The van der Waals surface area contributed by atoms with Gasteiger partial charge in [-0.3, -0.25) is 4.40 Å². The Morgan fingerprint density at radius 3 is 2.67 bits per heavy atom. The molecule has 0 aliphatic heterocycles. The van der Waals surface area contributed by atoms with E-state index >= 15 is 0 Å². The summed E-state index contributed by atoms with van der Waals surface area (Å²) in [6.07, 6.45) is 4.20. The second-order valence-corrected chi connectivity index (χ2v) is 6.93. The number of hydrogen-bond donors (Lipinski definition) is 0. The summed E-state index contributed by atoms with van der Waals surface area (Å²) in [4.78, 5) is 4.89. The number of para-hydroxylation sites is 1. The maximum Gasteiger partial charge on any atom is 0.187 e. The van der Waals surface area contributed by atoms with Gasteiger partial charge in [0.15, 0.2) is 11.5 Å². The van der Waals surface area contributed by atoms with Crippen molar-refractivity contribution in [3.63, 3.8) is 0 Å². The van der Waals surface area contributed by atoms with Crippen molar-refractivity contribution < 1.29 is 4.74 Å². The maximum absolute atomic E-state index is 6.38. The van der Waals surface area contributed by atoms with Crippen LogP contribution in [0.4, 0.5) is 0 Å². The number of pyridine rings is 2. The maximum atomic E-state index is 6.38. The second-order valence-electron chi connectivity index (χ2n) is 6.93. The third kappa shape index (κ3) is 3.25. The average Bonchev–Trinajstić information content (AvgIpc) is 3.15. The van der Waals surface area contributed by atoms with E-state index in [1.54, 1.807) is 0 Å². The van der Waals surface area contributed by atoms with E-state index in [2.05, 4.69) is 43.1 Å². The predicted octanol–water partition coefficient (Wildman–Crippen LogP) is 5.15. The SMILES string of the molecule is CCC(Oc1cccc2ccc(-c3nnc4ccccn34)nc12)[C@H](C)CC. The fourth-order valence-corrected chi connectivity index (χ4v) is 3.38. The Morgan fingerprint density at radius 2 is 1.85 bits per heavy atom. The molecular weight excluding hydrogens is 336 g/mol. The van der Waals surface area contributed by atoms with Gasteiger partial charge in [-0.25, -0.2) is 4.98 Å². The molecule has 5 nitrogen and oxygen atoms in total. The van der Waals surface area contributed by atoms with E-state index < -0.39 is 0 Å². The van der Waals surface area contributed by atoms with Crippen molar-refractivity contribution in [3.05, 3.63) is 54.7 Å². The van der Waals surface area contributed by atoms with E-state index in [0.29, 0.717) is 5.92 Å². The van der Waals surface area contributed by atoms with Crippen molar-refractivity contribution >= 4 is 16.6 Å². The third-order valence-electron chi connectivity index (χ3n) is 5.19. The quantitative estimate of drug-likeness (QED) is 0.477. The predicted molar refractivity (Wildman–Crippen MR) is 108 cm³/mol. The molecule has 4 rings (SSSR count). The molecule has 3 heterocycles. The number of fused-ring (bicyclic) bond motifs is 2. The molecular formula is C22H24N4O. The molecule has 0 N–H and O–H groups in total. The van der Waals surface area contributed by atoms with E-state index in [4.69, 9.17) is 9.72 Å². The standard InChI is InChI=1S/C22H24N4O/c1-4-15(3)18(5-2)27-19-10-8-9-16-12-13-17(23-21(16)19)22-25-24-20-11-6-7-14-26(20)22/h6-15,18H,4-5H2,1-3H3/t15-,18?/m1/s1. The second kappa shape index (κ2) is 7.35. The first-order chi connectivity index (χ1) is 13.2. The Labute approximate surface area is 159 Å². The summed E-state index contributed by atoms with van der Waals surface area (Å²) in [6, 6.07) is 16.0. The molecule has 0 amide bonds. The molecule has 4 aromatic rings. The minimum atomic E-state index is 0.181. The van der Waals surface area contributed by atoms with Crippen LogP contribution in [-0.4, -0.2) is 25.7 Å². The van der Waals surface area contributed by atoms with E-state index in [-0.39, 0.29) is 6.10 Å². The fourth-order valence-electron chi connectivity index (χ4n) is 3.38. The van der Waals surface area contributed by atoms with E-state index in [1.807, 2.05) is 47.0 Å². The van der Waals surface area contributed by atoms with E-state index in [0.717, 1.165) is 46.7 Å². The summed E-state index contributed by atoms with van der Waals surface area (Å²) in [5.41, 5.74) is 2.46. The lowest BCUT2D eigenvalue weighted by molar-refractivity contribution is 0.137. The Morgan fingerprint density at radius 1 is 0.963 bits per heavy atom. The van der Waals surface area contributed by atoms with Gasteiger partial charge in [-0.05, 0) is 36.6 Å². The number of aromatic nitrogens is 4. The molecule has 0 spiro atoms. The largest absolute Gasteiger partial charge is 0.488 e. The lowest BCUT2D eigenvalue weighted by Gasteiger charge is -2.23. The van der Waals surface area contributed by atoms with Gasteiger partial charge in [-0.15, -0.1) is 10.2 Å². The first-order valence-corrected chi connectivity index (χ1v) is 9.57. The summed E-state index contributed by atoms with van der Waals surface area (Å²) in [5, 5.41) is 9.62. The van der Waals surface area contributed by atoms with Crippen molar-refractivity contribution in [2.45, 2.75) is 39.7 Å². The van der Waals surface area contributed by atoms with E-state index in [9.17, 15) is 0 Å². The topological polar surface area (TPSA) is 52.3 Å². The first-order valence-electron chi connectivity index (χ1n) is 9.57.